The summed E-state index contributed by atoms with van der Waals surface area (Å²) in [5.41, 5.74) is 2.93. The van der Waals surface area contributed by atoms with E-state index in [9.17, 15) is 4.79 Å². The first-order valence-corrected chi connectivity index (χ1v) is 8.65. The van der Waals surface area contributed by atoms with Crippen LogP contribution in [-0.2, 0) is 0 Å². The fourth-order valence-electron chi connectivity index (χ4n) is 2.74. The number of ether oxygens (including phenoxy) is 2. The van der Waals surface area contributed by atoms with Gasteiger partial charge in [-0.05, 0) is 48.5 Å². The van der Waals surface area contributed by atoms with Crippen LogP contribution in [0.25, 0.3) is 0 Å². The summed E-state index contributed by atoms with van der Waals surface area (Å²) in [6.07, 6.45) is 1.56. The summed E-state index contributed by atoms with van der Waals surface area (Å²) in [5.74, 6) is 1.06. The second kappa shape index (κ2) is 7.68. The molecular weight excluding hydrogens is 356 g/mol. The number of pyridine rings is 1. The topological polar surface area (TPSA) is 96.3 Å². The molecule has 28 heavy (non-hydrogen) atoms. The molecule has 0 aliphatic carbocycles. The summed E-state index contributed by atoms with van der Waals surface area (Å²) in [6, 6.07) is 17.7. The smallest absolute Gasteiger partial charge is 0.274 e. The van der Waals surface area contributed by atoms with Crippen LogP contribution in [0, 0.1) is 11.3 Å². The van der Waals surface area contributed by atoms with Crippen molar-refractivity contribution in [1.29, 1.82) is 5.26 Å². The largest absolute Gasteiger partial charge is 0.486 e. The lowest BCUT2D eigenvalue weighted by atomic mass is 10.2. The van der Waals surface area contributed by atoms with Crippen LogP contribution in [0.15, 0.2) is 60.8 Å². The Labute approximate surface area is 161 Å². The molecule has 0 bridgehead atoms. The normalized spacial score (nSPS) is 12.0. The van der Waals surface area contributed by atoms with Gasteiger partial charge in [-0.15, -0.1) is 0 Å². The van der Waals surface area contributed by atoms with Gasteiger partial charge in [0.15, 0.2) is 11.5 Å². The Bertz CT molecular complexity index is 1060. The maximum absolute atomic E-state index is 12.5. The van der Waals surface area contributed by atoms with E-state index < -0.39 is 0 Å². The third kappa shape index (κ3) is 3.86. The van der Waals surface area contributed by atoms with E-state index in [1.807, 2.05) is 24.3 Å². The third-order valence-electron chi connectivity index (χ3n) is 4.10. The zero-order valence-electron chi connectivity index (χ0n) is 14.8. The molecule has 1 aliphatic heterocycles. The fourth-order valence-corrected chi connectivity index (χ4v) is 2.74. The summed E-state index contributed by atoms with van der Waals surface area (Å²) in [5, 5.41) is 14.8. The molecule has 1 aromatic heterocycles. The lowest BCUT2D eigenvalue weighted by molar-refractivity contribution is 0.102. The van der Waals surface area contributed by atoms with E-state index in [2.05, 4.69) is 15.6 Å². The molecule has 2 N–H and O–H groups in total. The van der Waals surface area contributed by atoms with Crippen molar-refractivity contribution in [3.8, 4) is 17.6 Å². The number of carbonyl (C=O) groups excluding carboxylic acids is 1. The molecule has 0 atom stereocenters. The van der Waals surface area contributed by atoms with Crippen molar-refractivity contribution < 1.29 is 14.3 Å². The third-order valence-corrected chi connectivity index (χ3v) is 4.10. The molecule has 138 valence electrons. The Morgan fingerprint density at radius 2 is 1.64 bits per heavy atom. The van der Waals surface area contributed by atoms with Crippen molar-refractivity contribution in [2.75, 3.05) is 23.8 Å². The number of amides is 1. The second-order valence-electron chi connectivity index (χ2n) is 6.06. The first-order valence-electron chi connectivity index (χ1n) is 8.65. The van der Waals surface area contributed by atoms with Crippen molar-refractivity contribution >= 4 is 23.0 Å². The van der Waals surface area contributed by atoms with Crippen LogP contribution in [0.3, 0.4) is 0 Å². The molecule has 0 saturated carbocycles. The number of hydrogen-bond acceptors (Lipinski definition) is 6. The van der Waals surface area contributed by atoms with Gasteiger partial charge in [0.05, 0.1) is 11.6 Å². The van der Waals surface area contributed by atoms with E-state index in [1.54, 1.807) is 42.6 Å². The first kappa shape index (κ1) is 17.4. The summed E-state index contributed by atoms with van der Waals surface area (Å²) in [7, 11) is 0. The van der Waals surface area contributed by atoms with Gasteiger partial charge in [0.25, 0.3) is 5.91 Å². The van der Waals surface area contributed by atoms with Crippen molar-refractivity contribution in [2.24, 2.45) is 0 Å². The molecule has 7 heteroatoms. The van der Waals surface area contributed by atoms with Crippen molar-refractivity contribution in [3.05, 3.63) is 72.1 Å². The zero-order valence-corrected chi connectivity index (χ0v) is 14.8. The number of nitrogens with one attached hydrogen (secondary N) is 2. The van der Waals surface area contributed by atoms with Crippen LogP contribution in [0.4, 0.5) is 17.1 Å². The predicted molar refractivity (Wildman–Crippen MR) is 104 cm³/mol. The maximum Gasteiger partial charge on any atom is 0.274 e. The number of anilines is 3. The highest BCUT2D eigenvalue weighted by atomic mass is 16.6. The fraction of sp³-hybridized carbons (Fsp3) is 0.0952. The monoisotopic (exact) mass is 372 g/mol. The maximum atomic E-state index is 12.5. The van der Waals surface area contributed by atoms with Gasteiger partial charge in [-0.1, -0.05) is 0 Å². The number of aromatic nitrogens is 1. The first-order chi connectivity index (χ1) is 13.7. The zero-order chi connectivity index (χ0) is 19.3. The van der Waals surface area contributed by atoms with Crippen molar-refractivity contribution in [3.63, 3.8) is 0 Å². The number of benzene rings is 2. The van der Waals surface area contributed by atoms with Crippen molar-refractivity contribution in [1.82, 2.24) is 4.98 Å². The Hall–Kier alpha value is -4.05. The Morgan fingerprint density at radius 3 is 2.43 bits per heavy atom. The number of hydrogen-bond donors (Lipinski definition) is 2. The van der Waals surface area contributed by atoms with Gasteiger partial charge in [-0.2, -0.15) is 5.26 Å². The minimum Gasteiger partial charge on any atom is -0.486 e. The molecule has 4 rings (SSSR count). The summed E-state index contributed by atoms with van der Waals surface area (Å²) in [6.45, 7) is 1.06. The highest BCUT2D eigenvalue weighted by molar-refractivity contribution is 6.03. The van der Waals surface area contributed by atoms with Gasteiger partial charge in [0.1, 0.15) is 18.9 Å². The van der Waals surface area contributed by atoms with E-state index in [4.69, 9.17) is 14.7 Å². The van der Waals surface area contributed by atoms with Crippen LogP contribution in [-0.4, -0.2) is 24.1 Å². The number of carbonyl (C=O) groups is 1. The van der Waals surface area contributed by atoms with E-state index in [-0.39, 0.29) is 11.6 Å². The van der Waals surface area contributed by atoms with Crippen molar-refractivity contribution in [2.45, 2.75) is 0 Å². The number of fused-ring (bicyclic) bond motifs is 1. The summed E-state index contributed by atoms with van der Waals surface area (Å²) in [4.78, 5) is 16.6. The molecule has 2 heterocycles. The lowest BCUT2D eigenvalue weighted by Crippen LogP contribution is -2.15. The Balaban J connectivity index is 1.47. The number of rotatable bonds is 4. The molecule has 1 aliphatic rings. The average Bonchev–Trinajstić information content (AvgIpc) is 2.74. The molecule has 1 amide bonds. The molecule has 0 fully saturated rings. The Kier molecular flexibility index (Phi) is 4.76. The van der Waals surface area contributed by atoms with E-state index >= 15 is 0 Å². The minimum absolute atomic E-state index is 0.270. The van der Waals surface area contributed by atoms with Crippen LogP contribution >= 0.6 is 0 Å². The van der Waals surface area contributed by atoms with Gasteiger partial charge in [0.2, 0.25) is 0 Å². The minimum atomic E-state index is -0.337. The van der Waals surface area contributed by atoms with Gasteiger partial charge in [-0.3, -0.25) is 9.78 Å². The van der Waals surface area contributed by atoms with Crippen LogP contribution in [0.1, 0.15) is 16.1 Å². The van der Waals surface area contributed by atoms with Crippen LogP contribution in [0.2, 0.25) is 0 Å². The number of nitrogens with zero attached hydrogens (tertiary/aromatic N) is 2. The average molecular weight is 372 g/mol. The highest BCUT2D eigenvalue weighted by Gasteiger charge is 2.13. The molecule has 3 aromatic rings. The van der Waals surface area contributed by atoms with Gasteiger partial charge in [0, 0.05) is 29.3 Å². The molecule has 0 saturated heterocycles. The van der Waals surface area contributed by atoms with E-state index in [0.29, 0.717) is 36.0 Å². The Morgan fingerprint density at radius 1 is 0.929 bits per heavy atom. The van der Waals surface area contributed by atoms with Gasteiger partial charge in [-0.25, -0.2) is 0 Å². The van der Waals surface area contributed by atoms with E-state index in [1.165, 1.54) is 0 Å². The molecule has 0 spiro atoms. The van der Waals surface area contributed by atoms with Crippen LogP contribution < -0.4 is 20.1 Å². The lowest BCUT2D eigenvalue weighted by Gasteiger charge is -2.19. The molecule has 0 radical (unpaired) electrons. The number of nitriles is 1. The molecule has 7 nitrogen and oxygen atoms in total. The molecule has 0 unspecified atom stereocenters. The van der Waals surface area contributed by atoms with Gasteiger partial charge < -0.3 is 20.1 Å². The van der Waals surface area contributed by atoms with Gasteiger partial charge >= 0.3 is 0 Å². The second-order valence-corrected chi connectivity index (χ2v) is 6.06. The standard InChI is InChI=1S/C21H16N4O3/c22-13-14-1-3-15(4-2-14)25-21(26)18-11-17(7-8-23-18)24-16-5-6-19-20(12-16)28-10-9-27-19/h1-8,11-12H,9-10H2,(H,23,24)(H,25,26). The summed E-state index contributed by atoms with van der Waals surface area (Å²) >= 11 is 0. The highest BCUT2D eigenvalue weighted by Crippen LogP contribution is 2.33. The molecular formula is C21H16N4O3. The summed E-state index contributed by atoms with van der Waals surface area (Å²) < 4.78 is 11.1. The van der Waals surface area contributed by atoms with E-state index in [0.717, 1.165) is 11.4 Å². The predicted octanol–water partition coefficient (Wildman–Crippen LogP) is 3.72. The SMILES string of the molecule is N#Cc1ccc(NC(=O)c2cc(Nc3ccc4c(c3)OCCO4)ccn2)cc1. The quantitative estimate of drug-likeness (QED) is 0.725. The molecule has 2 aromatic carbocycles. The van der Waals surface area contributed by atoms with Crippen LogP contribution in [0.5, 0.6) is 11.5 Å².